The van der Waals surface area contributed by atoms with Crippen LogP contribution in [0.4, 0.5) is 5.82 Å². The minimum absolute atomic E-state index is 0.231. The van der Waals surface area contributed by atoms with Crippen molar-refractivity contribution in [2.24, 2.45) is 0 Å². The maximum atomic E-state index is 6.04. The van der Waals surface area contributed by atoms with Crippen molar-refractivity contribution in [2.75, 3.05) is 38.3 Å². The van der Waals surface area contributed by atoms with Crippen LogP contribution in [0.3, 0.4) is 0 Å². The van der Waals surface area contributed by atoms with Crippen LogP contribution in [0.25, 0.3) is 0 Å². The summed E-state index contributed by atoms with van der Waals surface area (Å²) >= 11 is 0. The zero-order chi connectivity index (χ0) is 16.4. The summed E-state index contributed by atoms with van der Waals surface area (Å²) in [5, 5.41) is 0. The lowest BCUT2D eigenvalue weighted by molar-refractivity contribution is -0.0499. The van der Waals surface area contributed by atoms with E-state index in [4.69, 9.17) is 9.47 Å². The van der Waals surface area contributed by atoms with Crippen molar-refractivity contribution in [1.82, 2.24) is 9.88 Å². The molecule has 0 radical (unpaired) electrons. The number of morpholine rings is 1. The first kappa shape index (κ1) is 15.4. The average Bonchev–Trinajstić information content (AvgIpc) is 3.08. The van der Waals surface area contributed by atoms with Crippen molar-refractivity contribution in [3.63, 3.8) is 0 Å². The van der Waals surface area contributed by atoms with E-state index in [9.17, 15) is 0 Å². The Kier molecular flexibility index (Phi) is 4.36. The van der Waals surface area contributed by atoms with E-state index in [1.807, 2.05) is 18.3 Å². The Morgan fingerprint density at radius 2 is 2.04 bits per heavy atom. The molecular weight excluding hydrogens is 302 g/mol. The molecule has 0 spiro atoms. The molecule has 4 rings (SSSR count). The summed E-state index contributed by atoms with van der Waals surface area (Å²) in [5.41, 5.74) is 1.35. The van der Waals surface area contributed by atoms with Gasteiger partial charge in [0, 0.05) is 32.4 Å². The summed E-state index contributed by atoms with van der Waals surface area (Å²) in [4.78, 5) is 9.36. The molecule has 1 aromatic carbocycles. The first-order valence-electron chi connectivity index (χ1n) is 8.48. The topological polar surface area (TPSA) is 37.8 Å². The fraction of sp³-hybridized carbons (Fsp3) is 0.421. The molecule has 0 N–H and O–H groups in total. The Hall–Kier alpha value is -2.11. The summed E-state index contributed by atoms with van der Waals surface area (Å²) in [6.07, 6.45) is 2.05. The van der Waals surface area contributed by atoms with Gasteiger partial charge in [-0.05, 0) is 17.7 Å². The van der Waals surface area contributed by atoms with Crippen molar-refractivity contribution < 1.29 is 9.47 Å². The minimum Gasteiger partial charge on any atom is -0.493 e. The molecule has 3 heterocycles. The highest BCUT2D eigenvalue weighted by atomic mass is 16.5. The maximum absolute atomic E-state index is 6.04. The molecule has 2 atom stereocenters. The van der Waals surface area contributed by atoms with E-state index in [-0.39, 0.29) is 6.10 Å². The van der Waals surface area contributed by atoms with E-state index < -0.39 is 0 Å². The van der Waals surface area contributed by atoms with Gasteiger partial charge in [0.1, 0.15) is 0 Å². The number of fused-ring (bicyclic) bond motifs is 1. The quantitative estimate of drug-likeness (QED) is 0.861. The van der Waals surface area contributed by atoms with Crippen molar-refractivity contribution in [1.29, 1.82) is 0 Å². The summed E-state index contributed by atoms with van der Waals surface area (Å²) in [7, 11) is 1.70. The lowest BCUT2D eigenvalue weighted by atomic mass is 10.1. The van der Waals surface area contributed by atoms with E-state index in [0.717, 1.165) is 44.4 Å². The second-order valence-electron chi connectivity index (χ2n) is 6.37. The zero-order valence-electron chi connectivity index (χ0n) is 14.0. The second kappa shape index (κ2) is 6.79. The molecule has 24 heavy (non-hydrogen) atoms. The summed E-state index contributed by atoms with van der Waals surface area (Å²) in [6, 6.07) is 14.9. The van der Waals surface area contributed by atoms with Gasteiger partial charge >= 0.3 is 0 Å². The smallest absolute Gasteiger partial charge is 0.171 e. The monoisotopic (exact) mass is 325 g/mol. The number of ether oxygens (including phenoxy) is 2. The van der Waals surface area contributed by atoms with E-state index in [2.05, 4.69) is 45.1 Å². The molecule has 2 aliphatic heterocycles. The van der Waals surface area contributed by atoms with Crippen LogP contribution in [0.2, 0.25) is 0 Å². The zero-order valence-corrected chi connectivity index (χ0v) is 14.0. The molecule has 5 nitrogen and oxygen atoms in total. The first-order chi connectivity index (χ1) is 11.8. The second-order valence-corrected chi connectivity index (χ2v) is 6.37. The van der Waals surface area contributed by atoms with Gasteiger partial charge in [-0.15, -0.1) is 0 Å². The van der Waals surface area contributed by atoms with Crippen LogP contribution in [-0.4, -0.2) is 55.4 Å². The number of benzene rings is 1. The molecular formula is C19H23N3O2. The Morgan fingerprint density at radius 3 is 2.88 bits per heavy atom. The Morgan fingerprint density at radius 1 is 1.17 bits per heavy atom. The highest BCUT2D eigenvalue weighted by molar-refractivity contribution is 5.53. The van der Waals surface area contributed by atoms with Gasteiger partial charge in [0.05, 0.1) is 25.9 Å². The van der Waals surface area contributed by atoms with Gasteiger partial charge in [-0.1, -0.05) is 30.3 Å². The third-order valence-corrected chi connectivity index (χ3v) is 4.92. The first-order valence-corrected chi connectivity index (χ1v) is 8.48. The van der Waals surface area contributed by atoms with Crippen molar-refractivity contribution >= 4 is 5.82 Å². The van der Waals surface area contributed by atoms with Crippen LogP contribution >= 0.6 is 0 Å². The average molecular weight is 325 g/mol. The third kappa shape index (κ3) is 2.97. The van der Waals surface area contributed by atoms with Gasteiger partial charge in [-0.25, -0.2) is 4.98 Å². The molecule has 0 unspecified atom stereocenters. The molecule has 0 aliphatic carbocycles. The number of aromatic nitrogens is 1. The molecule has 2 saturated heterocycles. The SMILES string of the molecule is COc1cccnc1N1C[C@@H]2OCCN(Cc3ccccc3)[C@@H]2C1. The third-order valence-electron chi connectivity index (χ3n) is 4.92. The highest BCUT2D eigenvalue weighted by Crippen LogP contribution is 2.32. The molecule has 126 valence electrons. The number of anilines is 1. The van der Waals surface area contributed by atoms with E-state index in [0.29, 0.717) is 6.04 Å². The molecule has 2 aromatic rings. The van der Waals surface area contributed by atoms with Gasteiger partial charge in [-0.3, -0.25) is 4.90 Å². The molecule has 2 aliphatic rings. The largest absolute Gasteiger partial charge is 0.493 e. The van der Waals surface area contributed by atoms with Gasteiger partial charge in [0.25, 0.3) is 0 Å². The summed E-state index contributed by atoms with van der Waals surface area (Å²) < 4.78 is 11.5. The fourth-order valence-corrected chi connectivity index (χ4v) is 3.72. The van der Waals surface area contributed by atoms with Crippen molar-refractivity contribution in [3.05, 3.63) is 54.2 Å². The van der Waals surface area contributed by atoms with Gasteiger partial charge in [-0.2, -0.15) is 0 Å². The van der Waals surface area contributed by atoms with Crippen LogP contribution in [0.15, 0.2) is 48.7 Å². The number of hydrogen-bond acceptors (Lipinski definition) is 5. The standard InChI is InChI=1S/C19H23N3O2/c1-23-17-8-5-9-20-19(17)22-13-16-18(14-22)24-11-10-21(16)12-15-6-3-2-4-7-15/h2-9,16,18H,10-14H2,1H3/t16-,18+/m1/s1. The normalized spacial score (nSPS) is 24.0. The molecule has 0 bridgehead atoms. The molecule has 1 aromatic heterocycles. The van der Waals surface area contributed by atoms with Crippen LogP contribution in [0.1, 0.15) is 5.56 Å². The van der Waals surface area contributed by atoms with Crippen LogP contribution in [0, 0.1) is 0 Å². The van der Waals surface area contributed by atoms with E-state index >= 15 is 0 Å². The predicted octanol–water partition coefficient (Wildman–Crippen LogP) is 2.18. The van der Waals surface area contributed by atoms with E-state index in [1.165, 1.54) is 5.56 Å². The van der Waals surface area contributed by atoms with Gasteiger partial charge < -0.3 is 14.4 Å². The molecule has 2 fully saturated rings. The number of pyridine rings is 1. The fourth-order valence-electron chi connectivity index (χ4n) is 3.72. The highest BCUT2D eigenvalue weighted by Gasteiger charge is 2.41. The maximum Gasteiger partial charge on any atom is 0.171 e. The van der Waals surface area contributed by atoms with Crippen LogP contribution in [-0.2, 0) is 11.3 Å². The predicted molar refractivity (Wildman–Crippen MR) is 93.4 cm³/mol. The summed E-state index contributed by atoms with van der Waals surface area (Å²) in [6.45, 7) is 4.53. The number of hydrogen-bond donors (Lipinski definition) is 0. The number of rotatable bonds is 4. The van der Waals surface area contributed by atoms with E-state index in [1.54, 1.807) is 7.11 Å². The lowest BCUT2D eigenvalue weighted by Gasteiger charge is -2.36. The van der Waals surface area contributed by atoms with Gasteiger partial charge in [0.2, 0.25) is 0 Å². The molecule has 0 amide bonds. The molecule has 0 saturated carbocycles. The van der Waals surface area contributed by atoms with Crippen LogP contribution in [0.5, 0.6) is 5.75 Å². The molecule has 5 heteroatoms. The Bertz CT molecular complexity index is 679. The van der Waals surface area contributed by atoms with Crippen molar-refractivity contribution in [3.8, 4) is 5.75 Å². The minimum atomic E-state index is 0.231. The number of methoxy groups -OCH3 is 1. The lowest BCUT2D eigenvalue weighted by Crippen LogP contribution is -2.50. The number of nitrogens with zero attached hydrogens (tertiary/aromatic N) is 3. The van der Waals surface area contributed by atoms with Crippen LogP contribution < -0.4 is 9.64 Å². The van der Waals surface area contributed by atoms with Crippen molar-refractivity contribution in [2.45, 2.75) is 18.7 Å². The Balaban J connectivity index is 1.52. The van der Waals surface area contributed by atoms with Gasteiger partial charge in [0.15, 0.2) is 11.6 Å². The Labute approximate surface area is 142 Å². The summed E-state index contributed by atoms with van der Waals surface area (Å²) in [5.74, 6) is 1.74.